The summed E-state index contributed by atoms with van der Waals surface area (Å²) in [6.45, 7) is 0.439. The van der Waals surface area contributed by atoms with Crippen molar-refractivity contribution in [2.24, 2.45) is 0 Å². The van der Waals surface area contributed by atoms with Gasteiger partial charge >= 0.3 is 6.18 Å². The SMILES string of the molecule is N#Cc1ccc(Sc2nc3cc(C(F)(F)F)ccc3n2Cc2ccccc2)nn1. The highest BCUT2D eigenvalue weighted by Gasteiger charge is 2.31. The summed E-state index contributed by atoms with van der Waals surface area (Å²) in [5.41, 5.74) is 1.26. The van der Waals surface area contributed by atoms with Gasteiger partial charge in [-0.2, -0.15) is 18.4 Å². The Morgan fingerprint density at radius 3 is 2.45 bits per heavy atom. The Morgan fingerprint density at radius 1 is 1.00 bits per heavy atom. The Hall–Kier alpha value is -3.38. The van der Waals surface area contributed by atoms with E-state index in [4.69, 9.17) is 5.26 Å². The zero-order valence-corrected chi connectivity index (χ0v) is 15.6. The minimum Gasteiger partial charge on any atom is -0.314 e. The smallest absolute Gasteiger partial charge is 0.314 e. The Balaban J connectivity index is 1.79. The lowest BCUT2D eigenvalue weighted by atomic mass is 10.2. The molecule has 2 aromatic heterocycles. The van der Waals surface area contributed by atoms with Crippen LogP contribution in [-0.2, 0) is 12.7 Å². The van der Waals surface area contributed by atoms with Crippen molar-refractivity contribution in [1.29, 1.82) is 5.26 Å². The number of halogens is 3. The predicted molar refractivity (Wildman–Crippen MR) is 101 cm³/mol. The summed E-state index contributed by atoms with van der Waals surface area (Å²) in [6, 6.07) is 18.2. The third kappa shape index (κ3) is 4.07. The highest BCUT2D eigenvalue weighted by atomic mass is 32.2. The van der Waals surface area contributed by atoms with E-state index >= 15 is 0 Å². The molecule has 0 unspecified atom stereocenters. The Morgan fingerprint density at radius 2 is 1.79 bits per heavy atom. The van der Waals surface area contributed by atoms with Crippen molar-refractivity contribution in [3.05, 3.63) is 77.5 Å². The van der Waals surface area contributed by atoms with Gasteiger partial charge in [-0.15, -0.1) is 10.2 Å². The van der Waals surface area contributed by atoms with E-state index in [1.165, 1.54) is 23.9 Å². The third-order valence-corrected chi connectivity index (χ3v) is 5.10. The predicted octanol–water partition coefficient (Wildman–Crippen LogP) is 4.92. The molecule has 0 aliphatic carbocycles. The van der Waals surface area contributed by atoms with Crippen LogP contribution in [0.15, 0.2) is 70.8 Å². The first-order valence-electron chi connectivity index (χ1n) is 8.47. The zero-order chi connectivity index (χ0) is 20.4. The molecule has 4 aromatic rings. The lowest BCUT2D eigenvalue weighted by Gasteiger charge is -2.09. The summed E-state index contributed by atoms with van der Waals surface area (Å²) >= 11 is 1.18. The average molecular weight is 411 g/mol. The zero-order valence-electron chi connectivity index (χ0n) is 14.8. The van der Waals surface area contributed by atoms with E-state index in [1.807, 2.05) is 41.0 Å². The number of benzene rings is 2. The van der Waals surface area contributed by atoms with Crippen molar-refractivity contribution in [3.63, 3.8) is 0 Å². The fraction of sp³-hybridized carbons (Fsp3) is 0.100. The van der Waals surface area contributed by atoms with E-state index in [0.717, 1.165) is 17.7 Å². The largest absolute Gasteiger partial charge is 0.416 e. The highest BCUT2D eigenvalue weighted by Crippen LogP contribution is 2.34. The minimum atomic E-state index is -4.44. The molecule has 2 aromatic carbocycles. The Bertz CT molecular complexity index is 1200. The van der Waals surface area contributed by atoms with Crippen LogP contribution in [0.3, 0.4) is 0 Å². The van der Waals surface area contributed by atoms with Gasteiger partial charge in [0.1, 0.15) is 11.1 Å². The second kappa shape index (κ2) is 7.56. The standard InChI is InChI=1S/C20H12F3N5S/c21-20(22,23)14-6-8-17-16(10-14)25-19(28(17)12-13-4-2-1-3-5-13)29-18-9-7-15(11-24)26-27-18/h1-10H,12H2. The van der Waals surface area contributed by atoms with Gasteiger partial charge in [0.2, 0.25) is 0 Å². The van der Waals surface area contributed by atoms with Crippen LogP contribution in [0.25, 0.3) is 11.0 Å². The van der Waals surface area contributed by atoms with Gasteiger partial charge in [0.25, 0.3) is 0 Å². The van der Waals surface area contributed by atoms with Crippen LogP contribution in [0, 0.1) is 11.3 Å². The molecule has 0 spiro atoms. The summed E-state index contributed by atoms with van der Waals surface area (Å²) in [4.78, 5) is 4.41. The van der Waals surface area contributed by atoms with Gasteiger partial charge in [0.05, 0.1) is 23.1 Å². The number of nitrogens with zero attached hydrogens (tertiary/aromatic N) is 5. The number of rotatable bonds is 4. The molecule has 0 amide bonds. The normalized spacial score (nSPS) is 11.5. The first kappa shape index (κ1) is 19.0. The molecule has 9 heteroatoms. The Labute approximate surface area is 167 Å². The number of fused-ring (bicyclic) bond motifs is 1. The van der Waals surface area contributed by atoms with Crippen LogP contribution < -0.4 is 0 Å². The molecule has 0 fully saturated rings. The minimum absolute atomic E-state index is 0.182. The van der Waals surface area contributed by atoms with Crippen LogP contribution in [0.4, 0.5) is 13.2 Å². The van der Waals surface area contributed by atoms with Gasteiger partial charge in [-0.05, 0) is 47.7 Å². The second-order valence-electron chi connectivity index (χ2n) is 6.14. The molecule has 0 aliphatic rings. The maximum atomic E-state index is 13.1. The van der Waals surface area contributed by atoms with E-state index in [-0.39, 0.29) is 11.2 Å². The molecular weight excluding hydrogens is 399 g/mol. The van der Waals surface area contributed by atoms with Crippen LogP contribution >= 0.6 is 11.8 Å². The summed E-state index contributed by atoms with van der Waals surface area (Å²) in [7, 11) is 0. The Kier molecular flexibility index (Phi) is 4.94. The fourth-order valence-corrected chi connectivity index (χ4v) is 3.63. The van der Waals surface area contributed by atoms with Crippen molar-refractivity contribution in [2.45, 2.75) is 22.9 Å². The van der Waals surface area contributed by atoms with Crippen LogP contribution in [0.2, 0.25) is 0 Å². The van der Waals surface area contributed by atoms with Gasteiger partial charge in [-0.25, -0.2) is 4.98 Å². The van der Waals surface area contributed by atoms with Crippen molar-refractivity contribution in [3.8, 4) is 6.07 Å². The van der Waals surface area contributed by atoms with Crippen molar-refractivity contribution in [1.82, 2.24) is 19.7 Å². The molecule has 0 saturated carbocycles. The number of aromatic nitrogens is 4. The summed E-state index contributed by atoms with van der Waals surface area (Å²) in [5, 5.41) is 17.6. The van der Waals surface area contributed by atoms with Gasteiger partial charge in [-0.1, -0.05) is 30.3 Å². The van der Waals surface area contributed by atoms with Crippen LogP contribution in [-0.4, -0.2) is 19.7 Å². The molecule has 0 atom stereocenters. The topological polar surface area (TPSA) is 67.4 Å². The number of imidazole rings is 1. The number of alkyl halides is 3. The van der Waals surface area contributed by atoms with E-state index in [2.05, 4.69) is 15.2 Å². The quantitative estimate of drug-likeness (QED) is 0.477. The van der Waals surface area contributed by atoms with Gasteiger partial charge in [0, 0.05) is 0 Å². The maximum absolute atomic E-state index is 13.1. The van der Waals surface area contributed by atoms with E-state index in [0.29, 0.717) is 22.2 Å². The summed E-state index contributed by atoms with van der Waals surface area (Å²) in [6.07, 6.45) is -4.44. The average Bonchev–Trinajstić information content (AvgIpc) is 3.05. The molecule has 144 valence electrons. The monoisotopic (exact) mass is 411 g/mol. The van der Waals surface area contributed by atoms with Crippen LogP contribution in [0.5, 0.6) is 0 Å². The molecule has 0 aliphatic heterocycles. The maximum Gasteiger partial charge on any atom is 0.416 e. The second-order valence-corrected chi connectivity index (χ2v) is 7.13. The molecule has 4 rings (SSSR count). The first-order chi connectivity index (χ1) is 13.9. The lowest BCUT2D eigenvalue weighted by Crippen LogP contribution is -2.05. The van der Waals surface area contributed by atoms with Crippen molar-refractivity contribution < 1.29 is 13.2 Å². The van der Waals surface area contributed by atoms with E-state index in [1.54, 1.807) is 6.07 Å². The van der Waals surface area contributed by atoms with Crippen molar-refractivity contribution >= 4 is 22.8 Å². The van der Waals surface area contributed by atoms with Gasteiger partial charge in [0.15, 0.2) is 10.9 Å². The molecule has 0 N–H and O–H groups in total. The molecule has 0 radical (unpaired) electrons. The molecule has 0 saturated heterocycles. The highest BCUT2D eigenvalue weighted by molar-refractivity contribution is 7.99. The third-order valence-electron chi connectivity index (χ3n) is 4.17. The lowest BCUT2D eigenvalue weighted by molar-refractivity contribution is -0.137. The molecule has 29 heavy (non-hydrogen) atoms. The van der Waals surface area contributed by atoms with Gasteiger partial charge < -0.3 is 4.57 Å². The number of nitriles is 1. The van der Waals surface area contributed by atoms with Crippen LogP contribution in [0.1, 0.15) is 16.8 Å². The first-order valence-corrected chi connectivity index (χ1v) is 9.29. The molecule has 2 heterocycles. The van der Waals surface area contributed by atoms with E-state index in [9.17, 15) is 13.2 Å². The number of hydrogen-bond donors (Lipinski definition) is 0. The molecule has 0 bridgehead atoms. The fourth-order valence-electron chi connectivity index (χ4n) is 2.81. The summed E-state index contributed by atoms with van der Waals surface area (Å²) in [5.74, 6) is 0. The van der Waals surface area contributed by atoms with E-state index < -0.39 is 11.7 Å². The molecule has 5 nitrogen and oxygen atoms in total. The van der Waals surface area contributed by atoms with Crippen molar-refractivity contribution in [2.75, 3.05) is 0 Å². The summed E-state index contributed by atoms with van der Waals surface area (Å²) < 4.78 is 41.2. The molecular formula is C20H12F3N5S. The van der Waals surface area contributed by atoms with Gasteiger partial charge in [-0.3, -0.25) is 0 Å². The number of hydrogen-bond acceptors (Lipinski definition) is 5.